The molecule has 1 aliphatic rings. The van der Waals surface area contributed by atoms with Gasteiger partial charge >= 0.3 is 5.97 Å². The molecule has 1 heterocycles. The van der Waals surface area contributed by atoms with E-state index < -0.39 is 0 Å². The Kier molecular flexibility index (Phi) is 2.76. The van der Waals surface area contributed by atoms with Crippen molar-refractivity contribution in [2.45, 2.75) is 12.6 Å². The average Bonchev–Trinajstić information content (AvgIpc) is 2.14. The SMILES string of the molecule is O=C(OCc1ccccc1)C1CON1. The molecule has 1 atom stereocenters. The Balaban J connectivity index is 1.79. The topological polar surface area (TPSA) is 47.6 Å². The summed E-state index contributed by atoms with van der Waals surface area (Å²) in [4.78, 5) is 15.9. The fraction of sp³-hybridized carbons (Fsp3) is 0.300. The van der Waals surface area contributed by atoms with Gasteiger partial charge in [-0.25, -0.2) is 0 Å². The lowest BCUT2D eigenvalue weighted by molar-refractivity contribution is -0.172. The molecule has 0 aromatic heterocycles. The zero-order valence-corrected chi connectivity index (χ0v) is 7.60. The smallest absolute Gasteiger partial charge is 0.328 e. The average molecular weight is 193 g/mol. The number of hydrogen-bond acceptors (Lipinski definition) is 4. The van der Waals surface area contributed by atoms with Crippen molar-refractivity contribution in [3.8, 4) is 0 Å². The molecular formula is C10H11NO3. The van der Waals surface area contributed by atoms with E-state index >= 15 is 0 Å². The maximum Gasteiger partial charge on any atom is 0.328 e. The highest BCUT2D eigenvalue weighted by Gasteiger charge is 2.27. The molecule has 1 aromatic carbocycles. The van der Waals surface area contributed by atoms with Crippen LogP contribution in [0.3, 0.4) is 0 Å². The van der Waals surface area contributed by atoms with Gasteiger partial charge in [0.2, 0.25) is 0 Å². The predicted molar refractivity (Wildman–Crippen MR) is 49.1 cm³/mol. The first-order chi connectivity index (χ1) is 6.86. The molecule has 0 radical (unpaired) electrons. The minimum atomic E-state index is -0.293. The van der Waals surface area contributed by atoms with E-state index in [1.807, 2.05) is 30.3 Å². The van der Waals surface area contributed by atoms with Crippen molar-refractivity contribution >= 4 is 5.97 Å². The van der Waals surface area contributed by atoms with Gasteiger partial charge in [-0.05, 0) is 5.56 Å². The molecule has 4 heteroatoms. The van der Waals surface area contributed by atoms with Crippen LogP contribution < -0.4 is 5.48 Å². The van der Waals surface area contributed by atoms with Crippen LogP contribution in [-0.4, -0.2) is 18.6 Å². The molecule has 1 aliphatic heterocycles. The highest BCUT2D eigenvalue weighted by molar-refractivity contribution is 5.76. The van der Waals surface area contributed by atoms with Gasteiger partial charge in [-0.2, -0.15) is 5.48 Å². The molecule has 14 heavy (non-hydrogen) atoms. The normalized spacial score (nSPS) is 19.9. The fourth-order valence-corrected chi connectivity index (χ4v) is 1.11. The molecule has 0 aliphatic carbocycles. The Labute approximate surface area is 81.8 Å². The summed E-state index contributed by atoms with van der Waals surface area (Å²) in [6, 6.07) is 9.28. The van der Waals surface area contributed by atoms with Crippen LogP contribution in [0.25, 0.3) is 0 Å². The van der Waals surface area contributed by atoms with Gasteiger partial charge in [-0.3, -0.25) is 9.63 Å². The summed E-state index contributed by atoms with van der Waals surface area (Å²) in [5, 5.41) is 0. The second kappa shape index (κ2) is 4.21. The molecule has 1 unspecified atom stereocenters. The molecule has 0 bridgehead atoms. The standard InChI is InChI=1S/C10H11NO3/c12-10(9-7-14-11-9)13-6-8-4-2-1-3-5-8/h1-5,9,11H,6-7H2. The molecule has 4 nitrogen and oxygen atoms in total. The predicted octanol–water partition coefficient (Wildman–Crippen LogP) is 0.633. The van der Waals surface area contributed by atoms with Crippen molar-refractivity contribution in [2.75, 3.05) is 6.61 Å². The van der Waals surface area contributed by atoms with Crippen LogP contribution in [0, 0.1) is 0 Å². The molecule has 1 saturated heterocycles. The summed E-state index contributed by atoms with van der Waals surface area (Å²) in [7, 11) is 0. The van der Waals surface area contributed by atoms with Crippen LogP contribution in [0.1, 0.15) is 5.56 Å². The van der Waals surface area contributed by atoms with E-state index in [2.05, 4.69) is 10.3 Å². The van der Waals surface area contributed by atoms with Crippen LogP contribution in [0.4, 0.5) is 0 Å². The largest absolute Gasteiger partial charge is 0.460 e. The highest BCUT2D eigenvalue weighted by Crippen LogP contribution is 2.04. The minimum absolute atomic E-state index is 0.264. The molecule has 1 N–H and O–H groups in total. The molecule has 2 rings (SSSR count). The number of hydroxylamine groups is 1. The second-order valence-corrected chi connectivity index (χ2v) is 3.07. The van der Waals surface area contributed by atoms with Crippen molar-refractivity contribution in [3.05, 3.63) is 35.9 Å². The molecule has 0 spiro atoms. The van der Waals surface area contributed by atoms with E-state index in [4.69, 9.17) is 4.74 Å². The summed E-state index contributed by atoms with van der Waals surface area (Å²) in [5.74, 6) is -0.264. The quantitative estimate of drug-likeness (QED) is 0.715. The summed E-state index contributed by atoms with van der Waals surface area (Å²) in [6.45, 7) is 0.714. The number of benzene rings is 1. The van der Waals surface area contributed by atoms with Gasteiger partial charge < -0.3 is 4.74 Å². The number of esters is 1. The summed E-state index contributed by atoms with van der Waals surface area (Å²) < 4.78 is 5.05. The Morgan fingerprint density at radius 1 is 1.50 bits per heavy atom. The number of ether oxygens (including phenoxy) is 1. The van der Waals surface area contributed by atoms with Gasteiger partial charge in [-0.1, -0.05) is 30.3 Å². The Morgan fingerprint density at radius 3 is 2.79 bits per heavy atom. The third-order valence-corrected chi connectivity index (χ3v) is 1.98. The molecule has 74 valence electrons. The van der Waals surface area contributed by atoms with E-state index in [1.165, 1.54) is 0 Å². The van der Waals surface area contributed by atoms with Crippen molar-refractivity contribution in [1.82, 2.24) is 5.48 Å². The van der Waals surface area contributed by atoms with Gasteiger partial charge in [0.05, 0.1) is 6.61 Å². The monoisotopic (exact) mass is 193 g/mol. The molecule has 1 aromatic rings. The molecule has 1 fully saturated rings. The van der Waals surface area contributed by atoms with Gasteiger partial charge in [0.1, 0.15) is 6.61 Å². The number of carbonyl (C=O) groups is 1. The molecular weight excluding hydrogens is 182 g/mol. The van der Waals surface area contributed by atoms with E-state index in [9.17, 15) is 4.79 Å². The second-order valence-electron chi connectivity index (χ2n) is 3.07. The first kappa shape index (κ1) is 9.18. The highest BCUT2D eigenvalue weighted by atomic mass is 16.7. The van der Waals surface area contributed by atoms with Crippen molar-refractivity contribution < 1.29 is 14.4 Å². The number of rotatable bonds is 3. The van der Waals surface area contributed by atoms with Gasteiger partial charge in [-0.15, -0.1) is 0 Å². The van der Waals surface area contributed by atoms with E-state index in [0.29, 0.717) is 13.2 Å². The zero-order valence-electron chi connectivity index (χ0n) is 7.60. The lowest BCUT2D eigenvalue weighted by Gasteiger charge is -2.24. The Morgan fingerprint density at radius 2 is 2.21 bits per heavy atom. The number of nitrogens with one attached hydrogen (secondary N) is 1. The maximum absolute atomic E-state index is 11.2. The van der Waals surface area contributed by atoms with Gasteiger partial charge in [0.15, 0.2) is 6.04 Å². The van der Waals surface area contributed by atoms with Crippen LogP contribution >= 0.6 is 0 Å². The van der Waals surface area contributed by atoms with E-state index in [0.717, 1.165) is 5.56 Å². The molecule has 0 amide bonds. The van der Waals surface area contributed by atoms with Crippen molar-refractivity contribution in [3.63, 3.8) is 0 Å². The van der Waals surface area contributed by atoms with E-state index in [-0.39, 0.29) is 12.0 Å². The van der Waals surface area contributed by atoms with Gasteiger partial charge in [0, 0.05) is 0 Å². The lowest BCUT2D eigenvalue weighted by atomic mass is 10.2. The maximum atomic E-state index is 11.2. The van der Waals surface area contributed by atoms with Crippen LogP contribution in [-0.2, 0) is 21.0 Å². The summed E-state index contributed by atoms with van der Waals surface area (Å²) in [6.07, 6.45) is 0. The van der Waals surface area contributed by atoms with Gasteiger partial charge in [0.25, 0.3) is 0 Å². The molecule has 0 saturated carbocycles. The number of carbonyl (C=O) groups excluding carboxylic acids is 1. The van der Waals surface area contributed by atoms with Crippen LogP contribution in [0.2, 0.25) is 0 Å². The fourth-order valence-electron chi connectivity index (χ4n) is 1.11. The minimum Gasteiger partial charge on any atom is -0.460 e. The first-order valence-corrected chi connectivity index (χ1v) is 4.44. The Bertz CT molecular complexity index is 308. The third kappa shape index (κ3) is 2.10. The summed E-state index contributed by atoms with van der Waals surface area (Å²) in [5.41, 5.74) is 3.49. The van der Waals surface area contributed by atoms with E-state index in [1.54, 1.807) is 0 Å². The van der Waals surface area contributed by atoms with Crippen molar-refractivity contribution in [2.24, 2.45) is 0 Å². The Hall–Kier alpha value is -1.39. The zero-order chi connectivity index (χ0) is 9.80. The lowest BCUT2D eigenvalue weighted by Crippen LogP contribution is -2.52. The number of hydrogen-bond donors (Lipinski definition) is 1. The van der Waals surface area contributed by atoms with Crippen molar-refractivity contribution in [1.29, 1.82) is 0 Å². The van der Waals surface area contributed by atoms with Crippen LogP contribution in [0.15, 0.2) is 30.3 Å². The third-order valence-electron chi connectivity index (χ3n) is 1.98. The first-order valence-electron chi connectivity index (χ1n) is 4.44. The van der Waals surface area contributed by atoms with Crippen LogP contribution in [0.5, 0.6) is 0 Å². The summed E-state index contributed by atoms with van der Waals surface area (Å²) >= 11 is 0.